The lowest BCUT2D eigenvalue weighted by atomic mass is 10.0. The van der Waals surface area contributed by atoms with Crippen LogP contribution in [0.5, 0.6) is 0 Å². The number of aliphatic hydroxyl groups is 1. The number of anilines is 2. The van der Waals surface area contributed by atoms with E-state index in [-0.39, 0.29) is 0 Å². The summed E-state index contributed by atoms with van der Waals surface area (Å²) in [6, 6.07) is 3.56. The number of hydrogen-bond acceptors (Lipinski definition) is 4. The second kappa shape index (κ2) is 4.28. The molecule has 4 N–H and O–H groups in total. The predicted molar refractivity (Wildman–Crippen MR) is 58.1 cm³/mol. The topological polar surface area (TPSA) is 71.2 Å². The van der Waals surface area contributed by atoms with E-state index in [1.54, 1.807) is 19.2 Å². The van der Waals surface area contributed by atoms with Gasteiger partial charge in [-0.1, -0.05) is 6.92 Å². The number of nitrogens with zero attached hydrogens (tertiary/aromatic N) is 1. The third kappa shape index (κ3) is 3.22. The highest BCUT2D eigenvalue weighted by molar-refractivity contribution is 5.49. The lowest BCUT2D eigenvalue weighted by Gasteiger charge is -2.22. The molecule has 1 aromatic heterocycles. The van der Waals surface area contributed by atoms with E-state index in [4.69, 9.17) is 5.73 Å². The second-order valence-corrected chi connectivity index (χ2v) is 3.67. The number of nitrogens with one attached hydrogen (secondary N) is 1. The van der Waals surface area contributed by atoms with Crippen LogP contribution in [0.25, 0.3) is 0 Å². The van der Waals surface area contributed by atoms with Gasteiger partial charge in [-0.2, -0.15) is 0 Å². The predicted octanol–water partition coefficient (Wildman–Crippen LogP) is 1.24. The van der Waals surface area contributed by atoms with Crippen LogP contribution in [0, 0.1) is 0 Å². The Bertz CT molecular complexity index is 299. The van der Waals surface area contributed by atoms with Crippen molar-refractivity contribution in [3.8, 4) is 0 Å². The highest BCUT2D eigenvalue weighted by atomic mass is 16.3. The fourth-order valence-electron chi connectivity index (χ4n) is 0.976. The van der Waals surface area contributed by atoms with Gasteiger partial charge in [0.05, 0.1) is 5.60 Å². The number of hydrogen-bond donors (Lipinski definition) is 3. The lowest BCUT2D eigenvalue weighted by Crippen LogP contribution is -2.32. The summed E-state index contributed by atoms with van der Waals surface area (Å²) in [5, 5.41) is 12.9. The lowest BCUT2D eigenvalue weighted by molar-refractivity contribution is 0.0697. The fraction of sp³-hybridized carbons (Fsp3) is 0.500. The fourth-order valence-corrected chi connectivity index (χ4v) is 0.976. The van der Waals surface area contributed by atoms with Crippen LogP contribution in [0.4, 0.5) is 11.5 Å². The van der Waals surface area contributed by atoms with Crippen molar-refractivity contribution in [3.05, 3.63) is 18.3 Å². The normalized spacial score (nSPS) is 14.8. The van der Waals surface area contributed by atoms with Crippen LogP contribution in [0.1, 0.15) is 20.3 Å². The maximum absolute atomic E-state index is 9.74. The highest BCUT2D eigenvalue weighted by Crippen LogP contribution is 2.13. The minimum Gasteiger partial charge on any atom is -0.388 e. The molecular formula is C10H17N3O. The quantitative estimate of drug-likeness (QED) is 0.676. The minimum absolute atomic E-state index is 0.478. The molecule has 1 aromatic rings. The maximum atomic E-state index is 9.74. The number of rotatable bonds is 4. The standard InChI is InChI=1S/C10H17N3O/c1-3-10(2,14)7-13-8-4-5-12-9(11)6-8/h4-6,14H,3,7H2,1-2H3,(H3,11,12,13). The highest BCUT2D eigenvalue weighted by Gasteiger charge is 2.16. The van der Waals surface area contributed by atoms with E-state index in [1.165, 1.54) is 0 Å². The summed E-state index contributed by atoms with van der Waals surface area (Å²) in [4.78, 5) is 3.88. The number of pyridine rings is 1. The van der Waals surface area contributed by atoms with Gasteiger partial charge in [0, 0.05) is 24.5 Å². The van der Waals surface area contributed by atoms with Crippen molar-refractivity contribution >= 4 is 11.5 Å². The average Bonchev–Trinajstić information content (AvgIpc) is 2.15. The minimum atomic E-state index is -0.683. The van der Waals surface area contributed by atoms with Crippen molar-refractivity contribution in [1.82, 2.24) is 4.98 Å². The van der Waals surface area contributed by atoms with Gasteiger partial charge in [-0.15, -0.1) is 0 Å². The zero-order valence-electron chi connectivity index (χ0n) is 8.62. The van der Waals surface area contributed by atoms with E-state index < -0.39 is 5.60 Å². The maximum Gasteiger partial charge on any atom is 0.125 e. The van der Waals surface area contributed by atoms with Gasteiger partial charge in [0.1, 0.15) is 5.82 Å². The smallest absolute Gasteiger partial charge is 0.125 e. The van der Waals surface area contributed by atoms with Crippen molar-refractivity contribution in [1.29, 1.82) is 0 Å². The Morgan fingerprint density at radius 1 is 1.64 bits per heavy atom. The molecule has 4 nitrogen and oxygen atoms in total. The van der Waals surface area contributed by atoms with Crippen LogP contribution in [0.15, 0.2) is 18.3 Å². The number of nitrogens with two attached hydrogens (primary N) is 1. The van der Waals surface area contributed by atoms with Gasteiger partial charge in [0.15, 0.2) is 0 Å². The number of nitrogen functional groups attached to an aromatic ring is 1. The molecule has 0 aliphatic heterocycles. The van der Waals surface area contributed by atoms with E-state index >= 15 is 0 Å². The van der Waals surface area contributed by atoms with E-state index in [2.05, 4.69) is 10.3 Å². The van der Waals surface area contributed by atoms with Gasteiger partial charge in [0.25, 0.3) is 0 Å². The molecule has 1 heterocycles. The van der Waals surface area contributed by atoms with Crippen LogP contribution in [0.3, 0.4) is 0 Å². The summed E-state index contributed by atoms with van der Waals surface area (Å²) in [5.41, 5.74) is 5.72. The Morgan fingerprint density at radius 3 is 2.93 bits per heavy atom. The van der Waals surface area contributed by atoms with Crippen LogP contribution >= 0.6 is 0 Å². The molecule has 4 heteroatoms. The van der Waals surface area contributed by atoms with Gasteiger partial charge in [-0.05, 0) is 19.4 Å². The Hall–Kier alpha value is -1.29. The Balaban J connectivity index is 2.54. The summed E-state index contributed by atoms with van der Waals surface area (Å²) in [6.07, 6.45) is 2.35. The third-order valence-electron chi connectivity index (χ3n) is 2.22. The first kappa shape index (κ1) is 10.8. The van der Waals surface area contributed by atoms with Gasteiger partial charge in [-0.3, -0.25) is 0 Å². The molecular weight excluding hydrogens is 178 g/mol. The Labute approximate surface area is 84.2 Å². The molecule has 0 radical (unpaired) electrons. The van der Waals surface area contributed by atoms with Crippen molar-refractivity contribution in [2.45, 2.75) is 25.9 Å². The van der Waals surface area contributed by atoms with Crippen LogP contribution in [-0.2, 0) is 0 Å². The first-order valence-electron chi connectivity index (χ1n) is 4.71. The summed E-state index contributed by atoms with van der Waals surface area (Å²) in [6.45, 7) is 4.25. The van der Waals surface area contributed by atoms with Crippen LogP contribution < -0.4 is 11.1 Å². The monoisotopic (exact) mass is 195 g/mol. The molecule has 0 aromatic carbocycles. The van der Waals surface area contributed by atoms with Crippen molar-refractivity contribution < 1.29 is 5.11 Å². The van der Waals surface area contributed by atoms with E-state index in [1.807, 2.05) is 13.0 Å². The van der Waals surface area contributed by atoms with Gasteiger partial charge in [-0.25, -0.2) is 4.98 Å². The molecule has 1 unspecified atom stereocenters. The van der Waals surface area contributed by atoms with Crippen molar-refractivity contribution in [2.75, 3.05) is 17.6 Å². The van der Waals surface area contributed by atoms with Crippen LogP contribution in [0.2, 0.25) is 0 Å². The SMILES string of the molecule is CCC(C)(O)CNc1ccnc(N)c1. The second-order valence-electron chi connectivity index (χ2n) is 3.67. The molecule has 78 valence electrons. The first-order chi connectivity index (χ1) is 6.53. The van der Waals surface area contributed by atoms with E-state index in [9.17, 15) is 5.11 Å². The molecule has 1 rings (SSSR count). The van der Waals surface area contributed by atoms with E-state index in [0.29, 0.717) is 18.8 Å². The largest absolute Gasteiger partial charge is 0.388 e. The van der Waals surface area contributed by atoms with Gasteiger partial charge >= 0.3 is 0 Å². The summed E-state index contributed by atoms with van der Waals surface area (Å²) >= 11 is 0. The molecule has 0 saturated carbocycles. The molecule has 0 bridgehead atoms. The van der Waals surface area contributed by atoms with Crippen molar-refractivity contribution in [3.63, 3.8) is 0 Å². The summed E-state index contributed by atoms with van der Waals surface area (Å²) < 4.78 is 0. The molecule has 14 heavy (non-hydrogen) atoms. The summed E-state index contributed by atoms with van der Waals surface area (Å²) in [7, 11) is 0. The molecule has 1 atom stereocenters. The summed E-state index contributed by atoms with van der Waals surface area (Å²) in [5.74, 6) is 0.478. The van der Waals surface area contributed by atoms with Crippen molar-refractivity contribution in [2.24, 2.45) is 0 Å². The average molecular weight is 195 g/mol. The molecule has 0 spiro atoms. The Kier molecular flexibility index (Phi) is 3.30. The number of aromatic nitrogens is 1. The molecule has 0 aliphatic rings. The molecule has 0 saturated heterocycles. The molecule has 0 fully saturated rings. The first-order valence-corrected chi connectivity index (χ1v) is 4.71. The zero-order valence-corrected chi connectivity index (χ0v) is 8.62. The van der Waals surface area contributed by atoms with Gasteiger partial charge < -0.3 is 16.2 Å². The zero-order chi connectivity index (χ0) is 10.6. The van der Waals surface area contributed by atoms with Gasteiger partial charge in [0.2, 0.25) is 0 Å². The Morgan fingerprint density at radius 2 is 2.36 bits per heavy atom. The third-order valence-corrected chi connectivity index (χ3v) is 2.22. The molecule has 0 amide bonds. The van der Waals surface area contributed by atoms with Crippen LogP contribution in [-0.4, -0.2) is 22.2 Å². The molecule has 0 aliphatic carbocycles. The van der Waals surface area contributed by atoms with E-state index in [0.717, 1.165) is 5.69 Å².